The highest BCUT2D eigenvalue weighted by Gasteiger charge is 2.19. The van der Waals surface area contributed by atoms with E-state index in [0.29, 0.717) is 13.1 Å². The lowest BCUT2D eigenvalue weighted by molar-refractivity contribution is -0.125. The maximum Gasteiger partial charge on any atom is 0.223 e. The molecule has 1 aromatic carbocycles. The Bertz CT molecular complexity index is 528. The average molecular weight is 332 g/mol. The third kappa shape index (κ3) is 5.08. The summed E-state index contributed by atoms with van der Waals surface area (Å²) in [4.78, 5) is 26.2. The minimum Gasteiger partial charge on any atom is -0.354 e. The van der Waals surface area contributed by atoms with Crippen LogP contribution in [-0.4, -0.2) is 24.9 Å². The zero-order valence-corrected chi connectivity index (χ0v) is 15.8. The lowest BCUT2D eigenvalue weighted by Gasteiger charge is -2.27. The van der Waals surface area contributed by atoms with Gasteiger partial charge < -0.3 is 10.2 Å². The van der Waals surface area contributed by atoms with Gasteiger partial charge in [0.15, 0.2) is 0 Å². The molecule has 0 atom stereocenters. The van der Waals surface area contributed by atoms with Gasteiger partial charge in [-0.15, -0.1) is 0 Å². The summed E-state index contributed by atoms with van der Waals surface area (Å²) in [6, 6.07) is 6.20. The highest BCUT2D eigenvalue weighted by Crippen LogP contribution is 2.27. The molecule has 4 nitrogen and oxygen atoms in total. The molecule has 0 spiro atoms. The van der Waals surface area contributed by atoms with Gasteiger partial charge in [0.05, 0.1) is 5.69 Å². The standard InChI is InChI=1S/C20H32N2O2/c1-6-16(7-2)20(24)21-13-14-22(15(5)23)19-17(8-3)11-10-12-18(19)9-4/h10-12,16H,6-9,13-14H2,1-5H3,(H,21,24). The number of benzene rings is 1. The van der Waals surface area contributed by atoms with Crippen LogP contribution < -0.4 is 10.2 Å². The van der Waals surface area contributed by atoms with Gasteiger partial charge in [0, 0.05) is 25.9 Å². The Kier molecular flexibility index (Phi) is 8.51. The molecule has 0 aliphatic rings. The number of hydrogen-bond donors (Lipinski definition) is 1. The molecule has 1 rings (SSSR count). The first-order chi connectivity index (χ1) is 11.5. The second kappa shape index (κ2) is 10.1. The van der Waals surface area contributed by atoms with E-state index in [1.165, 1.54) is 11.1 Å². The Morgan fingerprint density at radius 3 is 2.00 bits per heavy atom. The molecule has 134 valence electrons. The van der Waals surface area contributed by atoms with Crippen LogP contribution in [0.3, 0.4) is 0 Å². The fourth-order valence-electron chi connectivity index (χ4n) is 3.08. The quantitative estimate of drug-likeness (QED) is 0.749. The minimum absolute atomic E-state index is 0.0161. The third-order valence-corrected chi connectivity index (χ3v) is 4.61. The Labute approximate surface area is 146 Å². The molecule has 0 heterocycles. The van der Waals surface area contributed by atoms with E-state index in [-0.39, 0.29) is 17.7 Å². The van der Waals surface area contributed by atoms with Crippen molar-refractivity contribution < 1.29 is 9.59 Å². The number of nitrogens with one attached hydrogen (secondary N) is 1. The number of carbonyl (C=O) groups is 2. The SMILES string of the molecule is CCc1cccc(CC)c1N(CCNC(=O)C(CC)CC)C(C)=O. The predicted molar refractivity (Wildman–Crippen MR) is 100 cm³/mol. The van der Waals surface area contributed by atoms with Gasteiger partial charge >= 0.3 is 0 Å². The number of aryl methyl sites for hydroxylation is 2. The molecule has 0 bridgehead atoms. The first-order valence-corrected chi connectivity index (χ1v) is 9.16. The third-order valence-electron chi connectivity index (χ3n) is 4.61. The van der Waals surface area contributed by atoms with Gasteiger partial charge in [0.25, 0.3) is 0 Å². The van der Waals surface area contributed by atoms with Crippen molar-refractivity contribution in [2.45, 2.75) is 60.3 Å². The summed E-state index contributed by atoms with van der Waals surface area (Å²) in [5, 5.41) is 2.98. The minimum atomic E-state index is 0.0161. The number of hydrogen-bond acceptors (Lipinski definition) is 2. The van der Waals surface area contributed by atoms with Gasteiger partial charge in [-0.3, -0.25) is 9.59 Å². The van der Waals surface area contributed by atoms with E-state index in [1.807, 2.05) is 24.8 Å². The van der Waals surface area contributed by atoms with Gasteiger partial charge in [0.2, 0.25) is 11.8 Å². The molecular formula is C20H32N2O2. The summed E-state index contributed by atoms with van der Waals surface area (Å²) in [6.07, 6.45) is 3.45. The van der Waals surface area contributed by atoms with E-state index in [2.05, 4.69) is 31.3 Å². The molecular weight excluding hydrogens is 300 g/mol. The number of amides is 2. The van der Waals surface area contributed by atoms with Crippen LogP contribution in [0.25, 0.3) is 0 Å². The molecule has 2 amide bonds. The van der Waals surface area contributed by atoms with Crippen LogP contribution in [0.4, 0.5) is 5.69 Å². The van der Waals surface area contributed by atoms with E-state index in [1.54, 1.807) is 6.92 Å². The molecule has 24 heavy (non-hydrogen) atoms. The van der Waals surface area contributed by atoms with Crippen LogP contribution >= 0.6 is 0 Å². The summed E-state index contributed by atoms with van der Waals surface area (Å²) in [5.41, 5.74) is 3.37. The average Bonchev–Trinajstić information content (AvgIpc) is 2.58. The number of nitrogens with zero attached hydrogens (tertiary/aromatic N) is 1. The maximum atomic E-state index is 12.2. The summed E-state index contributed by atoms with van der Waals surface area (Å²) in [6.45, 7) is 10.8. The van der Waals surface area contributed by atoms with E-state index in [9.17, 15) is 9.59 Å². The molecule has 0 saturated carbocycles. The lowest BCUT2D eigenvalue weighted by Crippen LogP contribution is -2.40. The Morgan fingerprint density at radius 2 is 1.58 bits per heavy atom. The predicted octanol–water partition coefficient (Wildman–Crippen LogP) is 3.72. The topological polar surface area (TPSA) is 49.4 Å². The number of rotatable bonds is 9. The van der Waals surface area contributed by atoms with Crippen molar-refractivity contribution in [1.29, 1.82) is 0 Å². The second-order valence-corrected chi connectivity index (χ2v) is 6.11. The molecule has 0 radical (unpaired) electrons. The first kappa shape index (κ1) is 20.2. The van der Waals surface area contributed by atoms with E-state index in [4.69, 9.17) is 0 Å². The lowest BCUT2D eigenvalue weighted by atomic mass is 10.0. The molecule has 1 aromatic rings. The van der Waals surface area contributed by atoms with Crippen LogP contribution in [0.5, 0.6) is 0 Å². The number of carbonyl (C=O) groups excluding carboxylic acids is 2. The zero-order chi connectivity index (χ0) is 18.1. The number of para-hydroxylation sites is 1. The van der Waals surface area contributed by atoms with Crippen LogP contribution in [0.1, 0.15) is 58.6 Å². The largest absolute Gasteiger partial charge is 0.354 e. The van der Waals surface area contributed by atoms with Crippen molar-refractivity contribution in [2.24, 2.45) is 5.92 Å². The van der Waals surface area contributed by atoms with E-state index in [0.717, 1.165) is 31.4 Å². The van der Waals surface area contributed by atoms with Crippen LogP contribution in [-0.2, 0) is 22.4 Å². The fraction of sp³-hybridized carbons (Fsp3) is 0.600. The van der Waals surface area contributed by atoms with Crippen molar-refractivity contribution in [1.82, 2.24) is 5.32 Å². The monoisotopic (exact) mass is 332 g/mol. The van der Waals surface area contributed by atoms with Crippen molar-refractivity contribution in [2.75, 3.05) is 18.0 Å². The van der Waals surface area contributed by atoms with Gasteiger partial charge in [-0.1, -0.05) is 45.9 Å². The van der Waals surface area contributed by atoms with Gasteiger partial charge in [0.1, 0.15) is 0 Å². The van der Waals surface area contributed by atoms with Gasteiger partial charge in [-0.2, -0.15) is 0 Å². The summed E-state index contributed by atoms with van der Waals surface area (Å²) in [7, 11) is 0. The van der Waals surface area contributed by atoms with Gasteiger partial charge in [-0.25, -0.2) is 0 Å². The molecule has 0 aliphatic carbocycles. The molecule has 0 aliphatic heterocycles. The molecule has 0 unspecified atom stereocenters. The number of anilines is 1. The van der Waals surface area contributed by atoms with Crippen LogP contribution in [0.2, 0.25) is 0 Å². The first-order valence-electron chi connectivity index (χ1n) is 9.16. The maximum absolute atomic E-state index is 12.2. The molecule has 0 aromatic heterocycles. The molecule has 0 saturated heterocycles. The Balaban J connectivity index is 2.90. The van der Waals surface area contributed by atoms with Crippen molar-refractivity contribution in [3.8, 4) is 0 Å². The second-order valence-electron chi connectivity index (χ2n) is 6.11. The fourth-order valence-corrected chi connectivity index (χ4v) is 3.08. The smallest absolute Gasteiger partial charge is 0.223 e. The Morgan fingerprint density at radius 1 is 1.04 bits per heavy atom. The summed E-state index contributed by atoms with van der Waals surface area (Å²) in [5.74, 6) is 0.162. The summed E-state index contributed by atoms with van der Waals surface area (Å²) < 4.78 is 0. The molecule has 0 fully saturated rings. The van der Waals surface area contributed by atoms with E-state index >= 15 is 0 Å². The summed E-state index contributed by atoms with van der Waals surface area (Å²) >= 11 is 0. The Hall–Kier alpha value is -1.84. The highest BCUT2D eigenvalue weighted by atomic mass is 16.2. The van der Waals surface area contributed by atoms with Crippen molar-refractivity contribution in [3.63, 3.8) is 0 Å². The molecule has 1 N–H and O–H groups in total. The molecule has 4 heteroatoms. The van der Waals surface area contributed by atoms with E-state index < -0.39 is 0 Å². The zero-order valence-electron chi connectivity index (χ0n) is 15.8. The highest BCUT2D eigenvalue weighted by molar-refractivity contribution is 5.93. The normalized spacial score (nSPS) is 10.8. The van der Waals surface area contributed by atoms with Crippen molar-refractivity contribution >= 4 is 17.5 Å². The van der Waals surface area contributed by atoms with Crippen LogP contribution in [0.15, 0.2) is 18.2 Å². The van der Waals surface area contributed by atoms with Gasteiger partial charge in [-0.05, 0) is 36.8 Å². The van der Waals surface area contributed by atoms with Crippen LogP contribution in [0, 0.1) is 5.92 Å². The van der Waals surface area contributed by atoms with Crippen molar-refractivity contribution in [3.05, 3.63) is 29.3 Å².